The van der Waals surface area contributed by atoms with Crippen LogP contribution >= 0.6 is 0 Å². The van der Waals surface area contributed by atoms with Crippen LogP contribution in [0.25, 0.3) is 0 Å². The molecule has 6 nitrogen and oxygen atoms in total. The van der Waals surface area contributed by atoms with E-state index in [4.69, 9.17) is 4.74 Å². The van der Waals surface area contributed by atoms with Gasteiger partial charge in [0.05, 0.1) is 0 Å². The van der Waals surface area contributed by atoms with Crippen LogP contribution in [0.2, 0.25) is 0 Å². The van der Waals surface area contributed by atoms with Crippen molar-refractivity contribution < 1.29 is 18.7 Å². The monoisotopic (exact) mass is 387 g/mol. The van der Waals surface area contributed by atoms with Crippen LogP contribution in [-0.2, 0) is 0 Å². The molecule has 3 rings (SSSR count). The predicted octanol–water partition coefficient (Wildman–Crippen LogP) is 3.72. The summed E-state index contributed by atoms with van der Waals surface area (Å²) in [5.74, 6) is -0.857. The third-order valence-electron chi connectivity index (χ3n) is 5.07. The van der Waals surface area contributed by atoms with Crippen molar-refractivity contribution in [2.24, 2.45) is 0 Å². The average Bonchev–Trinajstić information content (AvgIpc) is 3.12. The number of halogens is 1. The molecule has 1 heterocycles. The van der Waals surface area contributed by atoms with E-state index in [0.717, 1.165) is 25.7 Å². The van der Waals surface area contributed by atoms with Crippen LogP contribution in [0.5, 0.6) is 5.75 Å². The van der Waals surface area contributed by atoms with Crippen LogP contribution in [0.3, 0.4) is 0 Å². The first kappa shape index (κ1) is 19.9. The Morgan fingerprint density at radius 3 is 2.57 bits per heavy atom. The summed E-state index contributed by atoms with van der Waals surface area (Å²) in [5.41, 5.74) is 0.763. The van der Waals surface area contributed by atoms with Gasteiger partial charge in [-0.3, -0.25) is 9.59 Å². The van der Waals surface area contributed by atoms with Crippen molar-refractivity contribution in [2.45, 2.75) is 51.2 Å². The molecule has 0 bridgehead atoms. The molecule has 1 aromatic carbocycles. The van der Waals surface area contributed by atoms with Gasteiger partial charge in [0.25, 0.3) is 11.8 Å². The quantitative estimate of drug-likeness (QED) is 0.706. The predicted molar refractivity (Wildman–Crippen MR) is 104 cm³/mol. The largest absolute Gasteiger partial charge is 0.483 e. The second kappa shape index (κ2) is 8.91. The number of nitrogens with one attached hydrogen (secondary N) is 3. The first-order chi connectivity index (χ1) is 13.5. The Labute approximate surface area is 163 Å². The van der Waals surface area contributed by atoms with Crippen molar-refractivity contribution in [1.82, 2.24) is 15.6 Å². The molecule has 1 aliphatic carbocycles. The molecular formula is C21H26FN3O3. The van der Waals surface area contributed by atoms with Gasteiger partial charge in [-0.2, -0.15) is 0 Å². The zero-order chi connectivity index (χ0) is 20.1. The number of aromatic nitrogens is 1. The maximum absolute atomic E-state index is 14.0. The fraction of sp³-hybridized carbons (Fsp3) is 0.429. The van der Waals surface area contributed by atoms with Crippen molar-refractivity contribution in [2.75, 3.05) is 7.05 Å². The van der Waals surface area contributed by atoms with Crippen LogP contribution in [-0.4, -0.2) is 29.9 Å². The Hall–Kier alpha value is -2.83. The number of carbonyl (C=O) groups is 2. The zero-order valence-corrected chi connectivity index (χ0v) is 16.2. The van der Waals surface area contributed by atoms with E-state index in [9.17, 15) is 14.0 Å². The first-order valence-corrected chi connectivity index (χ1v) is 9.66. The smallest absolute Gasteiger partial charge is 0.271 e. The van der Waals surface area contributed by atoms with Crippen molar-refractivity contribution in [1.29, 1.82) is 0 Å². The van der Waals surface area contributed by atoms with Gasteiger partial charge in [-0.15, -0.1) is 0 Å². The molecule has 1 atom stereocenters. The number of rotatable bonds is 6. The van der Waals surface area contributed by atoms with E-state index in [1.54, 1.807) is 25.1 Å². The Balaban J connectivity index is 1.80. The number of hydrogen-bond acceptors (Lipinski definition) is 3. The Bertz CT molecular complexity index is 843. The topological polar surface area (TPSA) is 83.2 Å². The molecule has 2 amide bonds. The van der Waals surface area contributed by atoms with Crippen LogP contribution < -0.4 is 15.4 Å². The van der Waals surface area contributed by atoms with Crippen LogP contribution in [0.15, 0.2) is 30.3 Å². The number of ether oxygens (including phenoxy) is 1. The lowest BCUT2D eigenvalue weighted by molar-refractivity contribution is 0.0923. The first-order valence-electron chi connectivity index (χ1n) is 9.66. The molecule has 28 heavy (non-hydrogen) atoms. The summed E-state index contributed by atoms with van der Waals surface area (Å²) in [4.78, 5) is 27.7. The molecule has 1 saturated carbocycles. The van der Waals surface area contributed by atoms with Crippen LogP contribution in [0.1, 0.15) is 71.7 Å². The maximum atomic E-state index is 14.0. The molecule has 3 N–H and O–H groups in total. The molecule has 2 aromatic rings. The van der Waals surface area contributed by atoms with Gasteiger partial charge in [0.1, 0.15) is 23.3 Å². The normalized spacial score (nSPS) is 15.7. The minimum absolute atomic E-state index is 0.138. The van der Waals surface area contributed by atoms with Gasteiger partial charge in [0, 0.05) is 24.7 Å². The highest BCUT2D eigenvalue weighted by atomic mass is 19.1. The SMILES string of the molecule is CNC(=O)c1[nH]c(C(=O)NC2CCCCC2)cc1OC(C)c1ccccc1F. The standard InChI is InChI=1S/C21H26FN3O3/c1-13(15-10-6-7-11-16(15)22)28-18-12-17(25-19(18)21(27)23-2)20(26)24-14-8-4-3-5-9-14/h6-7,10-14,25H,3-5,8-9H2,1-2H3,(H,23,27)(H,24,26). The summed E-state index contributed by atoms with van der Waals surface area (Å²) in [6.07, 6.45) is 4.70. The summed E-state index contributed by atoms with van der Waals surface area (Å²) in [6.45, 7) is 1.70. The second-order valence-electron chi connectivity index (χ2n) is 7.09. The van der Waals surface area contributed by atoms with Crippen molar-refractivity contribution in [3.8, 4) is 5.75 Å². The van der Waals surface area contributed by atoms with Gasteiger partial charge in [0.15, 0.2) is 5.75 Å². The van der Waals surface area contributed by atoms with Gasteiger partial charge < -0.3 is 20.4 Å². The van der Waals surface area contributed by atoms with Gasteiger partial charge in [-0.1, -0.05) is 37.5 Å². The lowest BCUT2D eigenvalue weighted by Gasteiger charge is -2.22. The molecule has 0 spiro atoms. The van der Waals surface area contributed by atoms with E-state index in [-0.39, 0.29) is 34.9 Å². The molecule has 1 aromatic heterocycles. The van der Waals surface area contributed by atoms with Gasteiger partial charge in [-0.05, 0) is 25.8 Å². The molecule has 1 aliphatic rings. The molecule has 1 unspecified atom stereocenters. The number of hydrogen-bond donors (Lipinski definition) is 3. The zero-order valence-electron chi connectivity index (χ0n) is 16.2. The molecule has 7 heteroatoms. The van der Waals surface area contributed by atoms with Crippen LogP contribution in [0, 0.1) is 5.82 Å². The number of benzene rings is 1. The molecule has 0 radical (unpaired) electrons. The molecule has 0 aliphatic heterocycles. The Kier molecular flexibility index (Phi) is 6.34. The molecule has 1 fully saturated rings. The lowest BCUT2D eigenvalue weighted by Crippen LogP contribution is -2.36. The summed E-state index contributed by atoms with van der Waals surface area (Å²) in [6, 6.07) is 7.96. The summed E-state index contributed by atoms with van der Waals surface area (Å²) < 4.78 is 19.9. The van der Waals surface area contributed by atoms with E-state index >= 15 is 0 Å². The van der Waals surface area contributed by atoms with E-state index in [0.29, 0.717) is 5.56 Å². The summed E-state index contributed by atoms with van der Waals surface area (Å²) in [5, 5.41) is 5.53. The fourth-order valence-electron chi connectivity index (χ4n) is 3.51. The second-order valence-corrected chi connectivity index (χ2v) is 7.09. The fourth-order valence-corrected chi connectivity index (χ4v) is 3.51. The number of carbonyl (C=O) groups excluding carboxylic acids is 2. The number of amides is 2. The summed E-state index contributed by atoms with van der Waals surface area (Å²) in [7, 11) is 1.50. The van der Waals surface area contributed by atoms with Crippen molar-refractivity contribution in [3.05, 3.63) is 53.1 Å². The summed E-state index contributed by atoms with van der Waals surface area (Å²) >= 11 is 0. The minimum Gasteiger partial charge on any atom is -0.483 e. The average molecular weight is 387 g/mol. The van der Waals surface area contributed by atoms with Crippen molar-refractivity contribution >= 4 is 11.8 Å². The van der Waals surface area contributed by atoms with Gasteiger partial charge in [0.2, 0.25) is 0 Å². The van der Waals surface area contributed by atoms with E-state index in [2.05, 4.69) is 15.6 Å². The van der Waals surface area contributed by atoms with Gasteiger partial charge in [-0.25, -0.2) is 4.39 Å². The molecule has 0 saturated heterocycles. The van der Waals surface area contributed by atoms with Gasteiger partial charge >= 0.3 is 0 Å². The third-order valence-corrected chi connectivity index (χ3v) is 5.07. The number of aromatic amines is 1. The highest BCUT2D eigenvalue weighted by Crippen LogP contribution is 2.28. The lowest BCUT2D eigenvalue weighted by atomic mass is 9.95. The number of H-pyrrole nitrogens is 1. The Morgan fingerprint density at radius 2 is 1.89 bits per heavy atom. The van der Waals surface area contributed by atoms with E-state index < -0.39 is 12.0 Å². The molecule has 150 valence electrons. The van der Waals surface area contributed by atoms with Crippen LogP contribution in [0.4, 0.5) is 4.39 Å². The highest BCUT2D eigenvalue weighted by molar-refractivity contribution is 5.99. The van der Waals surface area contributed by atoms with E-state index in [1.807, 2.05) is 0 Å². The van der Waals surface area contributed by atoms with E-state index in [1.165, 1.54) is 25.6 Å². The third kappa shape index (κ3) is 4.52. The minimum atomic E-state index is -0.630. The Morgan fingerprint density at radius 1 is 1.18 bits per heavy atom. The van der Waals surface area contributed by atoms with Crippen molar-refractivity contribution in [3.63, 3.8) is 0 Å². The maximum Gasteiger partial charge on any atom is 0.271 e. The molecular weight excluding hydrogens is 361 g/mol. The highest BCUT2D eigenvalue weighted by Gasteiger charge is 2.24.